The van der Waals surface area contributed by atoms with E-state index in [-0.39, 0.29) is 18.7 Å². The fourth-order valence-corrected chi connectivity index (χ4v) is 4.57. The van der Waals surface area contributed by atoms with Crippen molar-refractivity contribution in [3.63, 3.8) is 0 Å². The Bertz CT molecular complexity index is 1790. The number of pyridine rings is 1. The number of aromatic nitrogens is 3. The van der Waals surface area contributed by atoms with Crippen LogP contribution in [0, 0.1) is 11.6 Å². The summed E-state index contributed by atoms with van der Waals surface area (Å²) in [5.41, 5.74) is 2.41. The van der Waals surface area contributed by atoms with Crippen LogP contribution in [-0.4, -0.2) is 34.6 Å². The van der Waals surface area contributed by atoms with Crippen LogP contribution in [-0.2, 0) is 19.6 Å². The SMILES string of the molecule is COc1cccc(CN(C)c2ncnc3ccc(CNC(=O)c4cccn(Cc5ccc(F)c(F)c5)c4=O)cc23)c1. The van der Waals surface area contributed by atoms with E-state index in [1.807, 2.05) is 54.4 Å². The number of amides is 1. The molecule has 0 spiro atoms. The van der Waals surface area contributed by atoms with Gasteiger partial charge in [-0.2, -0.15) is 0 Å². The summed E-state index contributed by atoms with van der Waals surface area (Å²) in [6.07, 6.45) is 3.01. The Morgan fingerprint density at radius 3 is 2.59 bits per heavy atom. The minimum atomic E-state index is -1.00. The maximum atomic E-state index is 13.6. The first-order chi connectivity index (χ1) is 19.8. The second-order valence-electron chi connectivity index (χ2n) is 9.54. The second kappa shape index (κ2) is 12.0. The van der Waals surface area contributed by atoms with Gasteiger partial charge >= 0.3 is 0 Å². The molecule has 0 aliphatic rings. The van der Waals surface area contributed by atoms with Gasteiger partial charge in [-0.3, -0.25) is 9.59 Å². The van der Waals surface area contributed by atoms with Gasteiger partial charge in [0.15, 0.2) is 11.6 Å². The highest BCUT2D eigenvalue weighted by Crippen LogP contribution is 2.25. The Morgan fingerprint density at radius 1 is 0.951 bits per heavy atom. The summed E-state index contributed by atoms with van der Waals surface area (Å²) in [4.78, 5) is 36.8. The van der Waals surface area contributed by atoms with Crippen molar-refractivity contribution in [2.45, 2.75) is 19.6 Å². The van der Waals surface area contributed by atoms with E-state index >= 15 is 0 Å². The molecule has 0 aliphatic heterocycles. The van der Waals surface area contributed by atoms with Crippen molar-refractivity contribution in [1.29, 1.82) is 0 Å². The Balaban J connectivity index is 1.32. The number of carbonyl (C=O) groups excluding carboxylic acids is 1. The van der Waals surface area contributed by atoms with Crippen molar-refractivity contribution in [3.05, 3.63) is 130 Å². The number of hydrogen-bond donors (Lipinski definition) is 1. The van der Waals surface area contributed by atoms with Gasteiger partial charge in [-0.15, -0.1) is 0 Å². The Hall–Kier alpha value is -5.12. The van der Waals surface area contributed by atoms with E-state index < -0.39 is 23.1 Å². The summed E-state index contributed by atoms with van der Waals surface area (Å²) in [6, 6.07) is 19.9. The minimum absolute atomic E-state index is 0.00607. The fraction of sp³-hybridized carbons (Fsp3) is 0.161. The van der Waals surface area contributed by atoms with E-state index in [1.165, 1.54) is 29.2 Å². The lowest BCUT2D eigenvalue weighted by Crippen LogP contribution is -2.32. The number of hydrogen-bond acceptors (Lipinski definition) is 6. The Kier molecular flexibility index (Phi) is 8.00. The number of carbonyl (C=O) groups is 1. The molecule has 2 heterocycles. The fourth-order valence-electron chi connectivity index (χ4n) is 4.57. The zero-order valence-electron chi connectivity index (χ0n) is 22.5. The molecule has 0 fully saturated rings. The monoisotopic (exact) mass is 555 g/mol. The van der Waals surface area contributed by atoms with Gasteiger partial charge in [0.2, 0.25) is 0 Å². The third-order valence-electron chi connectivity index (χ3n) is 6.65. The number of ether oxygens (including phenoxy) is 1. The lowest BCUT2D eigenvalue weighted by Gasteiger charge is -2.20. The van der Waals surface area contributed by atoms with Crippen molar-refractivity contribution in [3.8, 4) is 5.75 Å². The van der Waals surface area contributed by atoms with Crippen LogP contribution in [0.1, 0.15) is 27.0 Å². The number of fused-ring (bicyclic) bond motifs is 1. The molecule has 2 aromatic heterocycles. The summed E-state index contributed by atoms with van der Waals surface area (Å²) in [5.74, 6) is -1.01. The van der Waals surface area contributed by atoms with Crippen molar-refractivity contribution in [2.24, 2.45) is 0 Å². The molecule has 208 valence electrons. The largest absolute Gasteiger partial charge is 0.497 e. The van der Waals surface area contributed by atoms with Gasteiger partial charge in [0.1, 0.15) is 23.5 Å². The third kappa shape index (κ3) is 6.22. The highest BCUT2D eigenvalue weighted by Gasteiger charge is 2.15. The van der Waals surface area contributed by atoms with E-state index in [1.54, 1.807) is 13.2 Å². The van der Waals surface area contributed by atoms with E-state index in [0.717, 1.165) is 45.7 Å². The summed E-state index contributed by atoms with van der Waals surface area (Å²) in [5, 5.41) is 3.62. The summed E-state index contributed by atoms with van der Waals surface area (Å²) in [6.45, 7) is 0.753. The van der Waals surface area contributed by atoms with Gasteiger partial charge in [0, 0.05) is 31.7 Å². The standard InChI is InChI=1S/C31H27F2N5O3/c1-37(17-21-5-3-6-23(13-21)41-2)29-25-14-20(9-11-28(25)35-19-36-29)16-34-30(39)24-7-4-12-38(31(24)40)18-22-8-10-26(32)27(33)15-22/h3-15,19H,16-18H2,1-2H3,(H,34,39). The van der Waals surface area contributed by atoms with Gasteiger partial charge in [0.05, 0.1) is 19.2 Å². The van der Waals surface area contributed by atoms with Crippen LogP contribution in [0.25, 0.3) is 10.9 Å². The van der Waals surface area contributed by atoms with Crippen molar-refractivity contribution in [1.82, 2.24) is 19.9 Å². The van der Waals surface area contributed by atoms with Crippen molar-refractivity contribution in [2.75, 3.05) is 19.1 Å². The van der Waals surface area contributed by atoms with Crippen LogP contribution in [0.2, 0.25) is 0 Å². The molecule has 0 unspecified atom stereocenters. The summed E-state index contributed by atoms with van der Waals surface area (Å²) in [7, 11) is 3.57. The Labute approximate surface area is 234 Å². The normalized spacial score (nSPS) is 10.9. The minimum Gasteiger partial charge on any atom is -0.497 e. The number of benzene rings is 3. The third-order valence-corrected chi connectivity index (χ3v) is 6.65. The highest BCUT2D eigenvalue weighted by molar-refractivity contribution is 5.94. The van der Waals surface area contributed by atoms with Crippen LogP contribution in [0.3, 0.4) is 0 Å². The van der Waals surface area contributed by atoms with E-state index in [0.29, 0.717) is 12.1 Å². The summed E-state index contributed by atoms with van der Waals surface area (Å²) >= 11 is 0. The quantitative estimate of drug-likeness (QED) is 0.284. The number of methoxy groups -OCH3 is 1. The van der Waals surface area contributed by atoms with E-state index in [9.17, 15) is 18.4 Å². The van der Waals surface area contributed by atoms with Gasteiger partial charge in [-0.05, 0) is 65.2 Å². The Morgan fingerprint density at radius 2 is 1.78 bits per heavy atom. The molecular formula is C31H27F2N5O3. The smallest absolute Gasteiger partial charge is 0.263 e. The molecule has 3 aromatic carbocycles. The van der Waals surface area contributed by atoms with Crippen molar-refractivity contribution < 1.29 is 18.3 Å². The molecule has 0 saturated heterocycles. The van der Waals surface area contributed by atoms with Gasteiger partial charge in [-0.1, -0.05) is 24.3 Å². The van der Waals surface area contributed by atoms with Crippen LogP contribution in [0.15, 0.2) is 90.1 Å². The van der Waals surface area contributed by atoms with E-state index in [2.05, 4.69) is 15.3 Å². The zero-order valence-corrected chi connectivity index (χ0v) is 22.5. The lowest BCUT2D eigenvalue weighted by atomic mass is 10.1. The van der Waals surface area contributed by atoms with Crippen LogP contribution < -0.4 is 20.5 Å². The molecular weight excluding hydrogens is 528 g/mol. The van der Waals surface area contributed by atoms with Gasteiger partial charge < -0.3 is 19.5 Å². The second-order valence-corrected chi connectivity index (χ2v) is 9.54. The number of rotatable bonds is 9. The molecule has 5 aromatic rings. The zero-order chi connectivity index (χ0) is 28.9. The number of anilines is 1. The van der Waals surface area contributed by atoms with E-state index in [4.69, 9.17) is 4.74 Å². The predicted octanol–water partition coefficient (Wildman–Crippen LogP) is 4.69. The topological polar surface area (TPSA) is 89.3 Å². The maximum Gasteiger partial charge on any atom is 0.263 e. The molecule has 10 heteroatoms. The molecule has 0 aliphatic carbocycles. The molecule has 5 rings (SSSR count). The first kappa shape index (κ1) is 27.4. The molecule has 0 radical (unpaired) electrons. The molecule has 1 amide bonds. The van der Waals surface area contributed by atoms with Crippen LogP contribution in [0.4, 0.5) is 14.6 Å². The predicted molar refractivity (Wildman–Crippen MR) is 152 cm³/mol. The number of nitrogens with one attached hydrogen (secondary N) is 1. The molecule has 0 bridgehead atoms. The molecule has 0 saturated carbocycles. The lowest BCUT2D eigenvalue weighted by molar-refractivity contribution is 0.0949. The van der Waals surface area contributed by atoms with Gasteiger partial charge in [0.25, 0.3) is 11.5 Å². The summed E-state index contributed by atoms with van der Waals surface area (Å²) < 4.78 is 33.5. The maximum absolute atomic E-state index is 13.6. The number of nitrogens with zero attached hydrogens (tertiary/aromatic N) is 4. The van der Waals surface area contributed by atoms with Gasteiger partial charge in [-0.25, -0.2) is 18.7 Å². The average Bonchev–Trinajstić information content (AvgIpc) is 2.98. The van der Waals surface area contributed by atoms with Crippen LogP contribution in [0.5, 0.6) is 5.75 Å². The van der Waals surface area contributed by atoms with Crippen LogP contribution >= 0.6 is 0 Å². The first-order valence-corrected chi connectivity index (χ1v) is 12.8. The first-order valence-electron chi connectivity index (χ1n) is 12.8. The highest BCUT2D eigenvalue weighted by atomic mass is 19.2. The number of halogens is 2. The molecule has 41 heavy (non-hydrogen) atoms. The molecule has 8 nitrogen and oxygen atoms in total. The molecule has 1 N–H and O–H groups in total. The average molecular weight is 556 g/mol. The molecule has 0 atom stereocenters. The van der Waals surface area contributed by atoms with Crippen molar-refractivity contribution >= 4 is 22.6 Å².